The number of hydrogen-bond acceptors (Lipinski definition) is 14. The van der Waals surface area contributed by atoms with Crippen molar-refractivity contribution in [2.24, 2.45) is 34.0 Å². The van der Waals surface area contributed by atoms with Gasteiger partial charge in [-0.15, -0.1) is 0 Å². The van der Waals surface area contributed by atoms with Crippen LogP contribution in [0, 0.1) is 34.0 Å². The average Bonchev–Trinajstić information content (AvgIpc) is 3.98. The number of ketones is 1. The highest BCUT2D eigenvalue weighted by molar-refractivity contribution is 5.97. The molecule has 11 atom stereocenters. The number of carbonyl (C=O) groups is 6. The number of ether oxygens (including phenoxy) is 7. The lowest BCUT2D eigenvalue weighted by atomic mass is 9.48. The van der Waals surface area contributed by atoms with E-state index in [1.807, 2.05) is 58.0 Å². The molecule has 2 bridgehead atoms. The van der Waals surface area contributed by atoms with Gasteiger partial charge in [-0.2, -0.15) is 0 Å². The van der Waals surface area contributed by atoms with Crippen LogP contribution in [-0.2, 0) is 52.3 Å². The van der Waals surface area contributed by atoms with Gasteiger partial charge in [0, 0.05) is 37.5 Å². The number of aliphatic hydroxyl groups is 1. The first-order chi connectivity index (χ1) is 31.5. The van der Waals surface area contributed by atoms with Crippen LogP contribution in [0.1, 0.15) is 116 Å². The summed E-state index contributed by atoms with van der Waals surface area (Å²) in [5.41, 5.74) is -5.39. The maximum absolute atomic E-state index is 15.7. The Labute approximate surface area is 392 Å². The summed E-state index contributed by atoms with van der Waals surface area (Å²) in [7, 11) is 0. The van der Waals surface area contributed by atoms with Gasteiger partial charge in [-0.25, -0.2) is 9.59 Å². The maximum atomic E-state index is 15.7. The number of esters is 3. The number of fused-ring (bicyclic) bond motifs is 4. The number of Topliss-reactive ketones (excluding diaryl/α,β-unsaturated/α-hetero) is 1. The average molecular weight is 928 g/mol. The quantitative estimate of drug-likeness (QED) is 0.0780. The highest BCUT2D eigenvalue weighted by Gasteiger charge is 2.84. The molecular formula is C52H65NO14. The van der Waals surface area contributed by atoms with E-state index in [0.29, 0.717) is 24.0 Å². The molecule has 67 heavy (non-hydrogen) atoms. The summed E-state index contributed by atoms with van der Waals surface area (Å²) in [5.74, 6) is -5.39. The minimum atomic E-state index is -2.15. The third-order valence-corrected chi connectivity index (χ3v) is 14.6. The molecule has 4 fully saturated rings. The van der Waals surface area contributed by atoms with Gasteiger partial charge in [-0.1, -0.05) is 96.7 Å². The van der Waals surface area contributed by atoms with E-state index in [0.717, 1.165) is 0 Å². The molecule has 4 unspecified atom stereocenters. The summed E-state index contributed by atoms with van der Waals surface area (Å²) < 4.78 is 42.9. The van der Waals surface area contributed by atoms with E-state index in [9.17, 15) is 29.1 Å². The number of rotatable bonds is 15. The van der Waals surface area contributed by atoms with E-state index in [4.69, 9.17) is 33.2 Å². The smallest absolute Gasteiger partial charge is 0.490 e. The number of benzene rings is 2. The molecule has 7 rings (SSSR count). The molecule has 2 N–H and O–H groups in total. The highest BCUT2D eigenvalue weighted by Crippen LogP contribution is 2.74. The SMILES string of the molecule is C=C(O[C@H]1CC2(O)[C@@H](OC(=O)c3ccccc3)[C@H]3C4(C[C@H]4C[C@H]4OC[C@]43OC(C)=O)C(=O)C(OC(C)=O)C(=C1C)C2(C)C)[C@H](COC(=O)OCCC)C(NC(=O)CC(C)(C)C)c1ccccc1. The third kappa shape index (κ3) is 9.13. The molecule has 15 heteroatoms. The van der Waals surface area contributed by atoms with Crippen LogP contribution >= 0.6 is 0 Å². The first-order valence-electron chi connectivity index (χ1n) is 23.2. The van der Waals surface area contributed by atoms with Crippen molar-refractivity contribution in [3.8, 4) is 0 Å². The van der Waals surface area contributed by atoms with Crippen molar-refractivity contribution >= 4 is 35.8 Å². The minimum absolute atomic E-state index is 0.0319. The molecule has 362 valence electrons. The molecule has 0 radical (unpaired) electrons. The Kier molecular flexibility index (Phi) is 13.6. The first kappa shape index (κ1) is 49.4. The molecule has 1 saturated heterocycles. The largest absolute Gasteiger partial charge is 0.508 e. The van der Waals surface area contributed by atoms with Gasteiger partial charge >= 0.3 is 24.1 Å². The Morgan fingerprint density at radius 2 is 1.58 bits per heavy atom. The fourth-order valence-corrected chi connectivity index (χ4v) is 11.4. The summed E-state index contributed by atoms with van der Waals surface area (Å²) in [6.07, 6.45) is -4.82. The van der Waals surface area contributed by atoms with Crippen LogP contribution in [0.5, 0.6) is 0 Å². The standard InChI is InChI=1S/C52H65NO14/c1-11-22-61-47(59)62-27-36(41(33-18-14-12-15-19-33)53-39(56)26-48(6,7)8)30(3)64-37-25-52(60)45(66-46(58)34-20-16-13-17-21-34)43-50(24-35(50)23-38-51(43,28-63-38)67-32(5)55)44(57)42(65-31(4)54)40(29(37)2)49(52,9)10/h12-21,35-38,41-43,45,60H,3,11,22-28H2,1-2,4-10H3,(H,53,56)/t35-,36+,37+,38-,41?,42?,43+,45+,50?,51+,52?/m1/s1. The van der Waals surface area contributed by atoms with Gasteiger partial charge < -0.3 is 43.6 Å². The van der Waals surface area contributed by atoms with Crippen molar-refractivity contribution in [3.63, 3.8) is 0 Å². The second-order valence-electron chi connectivity index (χ2n) is 20.7. The lowest BCUT2D eigenvalue weighted by Crippen LogP contribution is -2.78. The molecule has 2 aromatic carbocycles. The topological polar surface area (TPSA) is 199 Å². The molecule has 4 aliphatic carbocycles. The highest BCUT2D eigenvalue weighted by atomic mass is 16.7. The van der Waals surface area contributed by atoms with Gasteiger partial charge in [0.1, 0.15) is 30.5 Å². The van der Waals surface area contributed by atoms with E-state index in [1.165, 1.54) is 13.8 Å². The van der Waals surface area contributed by atoms with Crippen LogP contribution in [0.3, 0.4) is 0 Å². The summed E-state index contributed by atoms with van der Waals surface area (Å²) in [6, 6.07) is 16.5. The molecule has 1 aliphatic heterocycles. The zero-order valence-corrected chi connectivity index (χ0v) is 40.0. The third-order valence-electron chi connectivity index (χ3n) is 14.6. The van der Waals surface area contributed by atoms with Gasteiger partial charge in [0.25, 0.3) is 0 Å². The Morgan fingerprint density at radius 1 is 0.925 bits per heavy atom. The van der Waals surface area contributed by atoms with E-state index in [-0.39, 0.29) is 73.2 Å². The van der Waals surface area contributed by atoms with Gasteiger partial charge in [0.15, 0.2) is 17.5 Å². The first-order valence-corrected chi connectivity index (χ1v) is 23.2. The van der Waals surface area contributed by atoms with E-state index >= 15 is 4.79 Å². The molecule has 5 aliphatic rings. The predicted molar refractivity (Wildman–Crippen MR) is 242 cm³/mol. The number of nitrogens with one attached hydrogen (secondary N) is 1. The second-order valence-corrected chi connectivity index (χ2v) is 20.7. The van der Waals surface area contributed by atoms with E-state index in [2.05, 4.69) is 11.9 Å². The van der Waals surface area contributed by atoms with Crippen molar-refractivity contribution in [2.45, 2.75) is 136 Å². The maximum Gasteiger partial charge on any atom is 0.508 e. The Hall–Kier alpha value is -5.54. The van der Waals surface area contributed by atoms with Crippen LogP contribution in [-0.4, -0.2) is 96.3 Å². The molecule has 1 amide bonds. The summed E-state index contributed by atoms with van der Waals surface area (Å²) in [5, 5.41) is 17.1. The zero-order valence-electron chi connectivity index (χ0n) is 40.0. The molecule has 2 aromatic rings. The van der Waals surface area contributed by atoms with Crippen LogP contribution in [0.25, 0.3) is 0 Å². The van der Waals surface area contributed by atoms with Crippen molar-refractivity contribution in [1.29, 1.82) is 0 Å². The van der Waals surface area contributed by atoms with Gasteiger partial charge in [0.2, 0.25) is 5.91 Å². The molecule has 0 aromatic heterocycles. The van der Waals surface area contributed by atoms with Gasteiger partial charge in [-0.05, 0) is 66.4 Å². The summed E-state index contributed by atoms with van der Waals surface area (Å²) >= 11 is 0. The van der Waals surface area contributed by atoms with Crippen LogP contribution in [0.4, 0.5) is 4.79 Å². The normalized spacial score (nSPS) is 31.0. The van der Waals surface area contributed by atoms with Crippen molar-refractivity contribution in [2.75, 3.05) is 19.8 Å². The van der Waals surface area contributed by atoms with Crippen molar-refractivity contribution in [1.82, 2.24) is 5.32 Å². The molecule has 3 saturated carbocycles. The van der Waals surface area contributed by atoms with Crippen molar-refractivity contribution < 1.29 is 67.0 Å². The second kappa shape index (κ2) is 18.5. The molecular weight excluding hydrogens is 863 g/mol. The lowest BCUT2D eigenvalue weighted by molar-refractivity contribution is -0.323. The Bertz CT molecular complexity index is 2300. The van der Waals surface area contributed by atoms with Crippen LogP contribution in [0.2, 0.25) is 0 Å². The number of carbonyl (C=O) groups excluding carboxylic acids is 6. The van der Waals surface area contributed by atoms with Crippen molar-refractivity contribution in [3.05, 3.63) is 95.3 Å². The van der Waals surface area contributed by atoms with E-state index < -0.39 is 94.2 Å². The van der Waals surface area contributed by atoms with E-state index in [1.54, 1.807) is 51.1 Å². The van der Waals surface area contributed by atoms with Gasteiger partial charge in [0.05, 0.1) is 42.4 Å². The monoisotopic (exact) mass is 927 g/mol. The fraction of sp³-hybridized carbons (Fsp3) is 0.577. The predicted octanol–water partition coefficient (Wildman–Crippen LogP) is 7.30. The van der Waals surface area contributed by atoms with Gasteiger partial charge in [-0.3, -0.25) is 19.2 Å². The van der Waals surface area contributed by atoms with Crippen LogP contribution < -0.4 is 5.32 Å². The number of hydrogen-bond donors (Lipinski definition) is 2. The minimum Gasteiger partial charge on any atom is -0.490 e. The number of amides is 1. The lowest BCUT2D eigenvalue weighted by Gasteiger charge is -2.64. The molecule has 1 heterocycles. The molecule has 15 nitrogen and oxygen atoms in total. The fourth-order valence-electron chi connectivity index (χ4n) is 11.4. The zero-order chi connectivity index (χ0) is 48.9. The summed E-state index contributed by atoms with van der Waals surface area (Å²) in [4.78, 5) is 83.2. The molecule has 1 spiro atoms. The Balaban J connectivity index is 1.39. The Morgan fingerprint density at radius 3 is 2.16 bits per heavy atom. The van der Waals surface area contributed by atoms with Crippen LogP contribution in [0.15, 0.2) is 84.1 Å². The summed E-state index contributed by atoms with van der Waals surface area (Å²) in [6.45, 7) is 19.2.